The molecule has 0 aromatic heterocycles. The van der Waals surface area contributed by atoms with Crippen LogP contribution in [0.2, 0.25) is 0 Å². The summed E-state index contributed by atoms with van der Waals surface area (Å²) in [6, 6.07) is 21.8. The van der Waals surface area contributed by atoms with Crippen molar-refractivity contribution in [3.8, 4) is 5.75 Å². The van der Waals surface area contributed by atoms with Crippen LogP contribution < -0.4 is 15.4 Å². The van der Waals surface area contributed by atoms with Gasteiger partial charge in [0.15, 0.2) is 0 Å². The number of alkyl carbamates (subject to hydrolysis) is 1. The Bertz CT molecular complexity index is 1270. The number of amides is 3. The molecule has 3 aromatic carbocycles. The molecule has 3 amide bonds. The van der Waals surface area contributed by atoms with Crippen LogP contribution in [-0.4, -0.2) is 48.6 Å². The summed E-state index contributed by atoms with van der Waals surface area (Å²) >= 11 is 0. The van der Waals surface area contributed by atoms with Crippen LogP contribution in [0.25, 0.3) is 0 Å². The Labute approximate surface area is 230 Å². The molecule has 3 aromatic rings. The first kappa shape index (κ1) is 29.2. The van der Waals surface area contributed by atoms with Gasteiger partial charge in [-0.15, -0.1) is 0 Å². The number of benzene rings is 3. The summed E-state index contributed by atoms with van der Waals surface area (Å²) in [4.78, 5) is 41.7. The van der Waals surface area contributed by atoms with Gasteiger partial charge in [-0.3, -0.25) is 9.59 Å². The minimum atomic E-state index is -0.964. The fourth-order valence-corrected chi connectivity index (χ4v) is 4.15. The van der Waals surface area contributed by atoms with Gasteiger partial charge in [-0.05, 0) is 63.1 Å². The van der Waals surface area contributed by atoms with Gasteiger partial charge in [0.25, 0.3) is 5.91 Å². The summed E-state index contributed by atoms with van der Waals surface area (Å²) < 4.78 is 10.6. The molecule has 0 radical (unpaired) electrons. The van der Waals surface area contributed by atoms with E-state index in [-0.39, 0.29) is 6.42 Å². The highest BCUT2D eigenvalue weighted by atomic mass is 16.6. The van der Waals surface area contributed by atoms with E-state index in [0.29, 0.717) is 17.0 Å². The van der Waals surface area contributed by atoms with Gasteiger partial charge < -0.3 is 25.0 Å². The third kappa shape index (κ3) is 8.60. The van der Waals surface area contributed by atoms with Crippen LogP contribution in [0.3, 0.4) is 0 Å². The molecule has 0 spiro atoms. The van der Waals surface area contributed by atoms with Crippen LogP contribution in [-0.2, 0) is 20.7 Å². The van der Waals surface area contributed by atoms with Gasteiger partial charge in [-0.25, -0.2) is 4.79 Å². The monoisotopic (exact) mass is 531 g/mol. The smallest absolute Gasteiger partial charge is 0.408 e. The fraction of sp³-hybridized carbons (Fsp3) is 0.323. The van der Waals surface area contributed by atoms with Crippen LogP contribution in [0.5, 0.6) is 5.75 Å². The molecule has 2 unspecified atom stereocenters. The van der Waals surface area contributed by atoms with Crippen molar-refractivity contribution in [1.29, 1.82) is 0 Å². The largest absolute Gasteiger partial charge is 0.497 e. The molecule has 0 bridgehead atoms. The lowest BCUT2D eigenvalue weighted by Crippen LogP contribution is -2.52. The molecular formula is C31H37N3O5. The third-order valence-electron chi connectivity index (χ3n) is 5.97. The molecule has 0 saturated heterocycles. The molecule has 0 fully saturated rings. The number of nitrogens with zero attached hydrogens (tertiary/aromatic N) is 1. The lowest BCUT2D eigenvalue weighted by atomic mass is 9.99. The summed E-state index contributed by atoms with van der Waals surface area (Å²) in [6.45, 7) is 7.18. The second kappa shape index (κ2) is 13.0. The Morgan fingerprint density at radius 2 is 1.59 bits per heavy atom. The zero-order chi connectivity index (χ0) is 28.6. The van der Waals surface area contributed by atoms with Crippen LogP contribution >= 0.6 is 0 Å². The van der Waals surface area contributed by atoms with E-state index in [1.807, 2.05) is 61.5 Å². The number of carbonyl (C=O) groups is 3. The summed E-state index contributed by atoms with van der Waals surface area (Å²) in [7, 11) is 3.14. The minimum Gasteiger partial charge on any atom is -0.497 e. The van der Waals surface area contributed by atoms with E-state index >= 15 is 0 Å². The average Bonchev–Trinajstić information content (AvgIpc) is 2.88. The number of rotatable bonds is 9. The Morgan fingerprint density at radius 3 is 2.18 bits per heavy atom. The number of hydrogen-bond donors (Lipinski definition) is 2. The van der Waals surface area contributed by atoms with Gasteiger partial charge in [0, 0.05) is 19.2 Å². The first-order chi connectivity index (χ1) is 18.5. The molecule has 0 aliphatic carbocycles. The molecule has 206 valence electrons. The summed E-state index contributed by atoms with van der Waals surface area (Å²) in [5, 5.41) is 5.63. The van der Waals surface area contributed by atoms with E-state index in [0.717, 1.165) is 11.1 Å². The zero-order valence-corrected chi connectivity index (χ0v) is 23.4. The van der Waals surface area contributed by atoms with Crippen molar-refractivity contribution in [1.82, 2.24) is 10.2 Å². The van der Waals surface area contributed by atoms with E-state index in [4.69, 9.17) is 9.47 Å². The standard InChI is InChI=1S/C31H37N3O5/c1-21-11-10-14-23(19-21)27(28(35)32-24-15-17-25(38-6)18-16-24)34(5)29(36)26(20-22-12-8-7-9-13-22)33-30(37)39-31(2,3)4/h7-19,26-27H,20H2,1-6H3,(H,32,35)(H,33,37). The molecule has 0 heterocycles. The predicted octanol–water partition coefficient (Wildman–Crippen LogP) is 5.28. The Morgan fingerprint density at radius 1 is 0.923 bits per heavy atom. The lowest BCUT2D eigenvalue weighted by Gasteiger charge is -2.32. The third-order valence-corrected chi connectivity index (χ3v) is 5.97. The first-order valence-corrected chi connectivity index (χ1v) is 12.8. The lowest BCUT2D eigenvalue weighted by molar-refractivity contribution is -0.139. The first-order valence-electron chi connectivity index (χ1n) is 12.8. The van der Waals surface area contributed by atoms with Crippen molar-refractivity contribution in [2.45, 2.75) is 51.8 Å². The molecular weight excluding hydrogens is 494 g/mol. The molecule has 0 saturated carbocycles. The minimum absolute atomic E-state index is 0.226. The van der Waals surface area contributed by atoms with E-state index in [1.165, 1.54) is 4.90 Å². The average molecular weight is 532 g/mol. The highest BCUT2D eigenvalue weighted by molar-refractivity contribution is 5.99. The highest BCUT2D eigenvalue weighted by Crippen LogP contribution is 2.25. The van der Waals surface area contributed by atoms with Crippen LogP contribution in [0.4, 0.5) is 10.5 Å². The number of likely N-dealkylation sites (N-methyl/N-ethyl adjacent to an activating group) is 1. The fourth-order valence-electron chi connectivity index (χ4n) is 4.15. The van der Waals surface area contributed by atoms with Gasteiger partial charge in [0.2, 0.25) is 5.91 Å². The van der Waals surface area contributed by atoms with Crippen molar-refractivity contribution in [3.63, 3.8) is 0 Å². The Balaban J connectivity index is 1.93. The number of carbonyl (C=O) groups excluding carboxylic acids is 3. The molecule has 39 heavy (non-hydrogen) atoms. The number of nitrogens with one attached hydrogen (secondary N) is 2. The summed E-state index contributed by atoms with van der Waals surface area (Å²) in [6.07, 6.45) is -0.482. The number of methoxy groups -OCH3 is 1. The molecule has 8 nitrogen and oxygen atoms in total. The maximum atomic E-state index is 13.9. The van der Waals surface area contributed by atoms with Gasteiger partial charge in [-0.2, -0.15) is 0 Å². The Hall–Kier alpha value is -4.33. The van der Waals surface area contributed by atoms with Crippen molar-refractivity contribution in [3.05, 3.63) is 95.6 Å². The predicted molar refractivity (Wildman–Crippen MR) is 152 cm³/mol. The molecule has 2 N–H and O–H groups in total. The van der Waals surface area contributed by atoms with Crippen molar-refractivity contribution >= 4 is 23.6 Å². The van der Waals surface area contributed by atoms with E-state index in [2.05, 4.69) is 10.6 Å². The van der Waals surface area contributed by atoms with Crippen LogP contribution in [0.15, 0.2) is 78.9 Å². The number of hydrogen-bond acceptors (Lipinski definition) is 5. The van der Waals surface area contributed by atoms with Crippen molar-refractivity contribution in [2.75, 3.05) is 19.5 Å². The van der Waals surface area contributed by atoms with Gasteiger partial charge in [0.1, 0.15) is 23.4 Å². The zero-order valence-electron chi connectivity index (χ0n) is 23.4. The number of ether oxygens (including phenoxy) is 2. The molecule has 2 atom stereocenters. The summed E-state index contributed by atoms with van der Waals surface area (Å²) in [5.41, 5.74) is 2.27. The number of anilines is 1. The van der Waals surface area contributed by atoms with Gasteiger partial charge in [-0.1, -0.05) is 60.2 Å². The van der Waals surface area contributed by atoms with Crippen molar-refractivity contribution in [2.24, 2.45) is 0 Å². The number of aryl methyl sites for hydroxylation is 1. The molecule has 0 aliphatic rings. The van der Waals surface area contributed by atoms with Crippen molar-refractivity contribution < 1.29 is 23.9 Å². The normalized spacial score (nSPS) is 12.6. The molecule has 8 heteroatoms. The second-order valence-corrected chi connectivity index (χ2v) is 10.4. The quantitative estimate of drug-likeness (QED) is 0.392. The van der Waals surface area contributed by atoms with E-state index in [9.17, 15) is 14.4 Å². The Kier molecular flexibility index (Phi) is 9.71. The van der Waals surface area contributed by atoms with E-state index in [1.54, 1.807) is 59.2 Å². The molecule has 0 aliphatic heterocycles. The second-order valence-electron chi connectivity index (χ2n) is 10.4. The highest BCUT2D eigenvalue weighted by Gasteiger charge is 2.34. The van der Waals surface area contributed by atoms with Crippen LogP contribution in [0, 0.1) is 6.92 Å². The van der Waals surface area contributed by atoms with Crippen LogP contribution in [0.1, 0.15) is 43.5 Å². The topological polar surface area (TPSA) is 97.0 Å². The maximum absolute atomic E-state index is 13.9. The van der Waals surface area contributed by atoms with Gasteiger partial charge >= 0.3 is 6.09 Å². The summed E-state index contributed by atoms with van der Waals surface area (Å²) in [5.74, 6) is -0.161. The molecule has 3 rings (SSSR count). The SMILES string of the molecule is COc1ccc(NC(=O)C(c2cccc(C)c2)N(C)C(=O)C(Cc2ccccc2)NC(=O)OC(C)(C)C)cc1. The van der Waals surface area contributed by atoms with E-state index < -0.39 is 35.6 Å². The maximum Gasteiger partial charge on any atom is 0.408 e. The van der Waals surface area contributed by atoms with Gasteiger partial charge in [0.05, 0.1) is 7.11 Å².